The fraction of sp³-hybridized carbons (Fsp3) is 0.455. The highest BCUT2D eigenvalue weighted by Crippen LogP contribution is 2.27. The van der Waals surface area contributed by atoms with Gasteiger partial charge in [-0.2, -0.15) is 0 Å². The average Bonchev–Trinajstić information content (AvgIpc) is 3.27. The number of guanidine groups is 1. The largest absolute Gasteiger partial charge is 0.497 e. The summed E-state index contributed by atoms with van der Waals surface area (Å²) in [5.74, 6) is 1.72. The van der Waals surface area contributed by atoms with Gasteiger partial charge in [0.25, 0.3) is 0 Å². The quantitative estimate of drug-likeness (QED) is 0.544. The fourth-order valence-corrected chi connectivity index (χ4v) is 3.55. The van der Waals surface area contributed by atoms with Gasteiger partial charge in [0, 0.05) is 19.3 Å². The molecule has 1 aromatic carbocycles. The molecular formula is C22H31N5O. The lowest BCUT2D eigenvalue weighted by atomic mass is 10.1. The second kappa shape index (κ2) is 10.7. The Morgan fingerprint density at radius 1 is 1.18 bits per heavy atom. The molecule has 0 bridgehead atoms. The molecule has 1 aliphatic heterocycles. The van der Waals surface area contributed by atoms with Crippen LogP contribution >= 0.6 is 0 Å². The Balaban J connectivity index is 1.71. The predicted molar refractivity (Wildman–Crippen MR) is 114 cm³/mol. The molecule has 0 saturated carbocycles. The van der Waals surface area contributed by atoms with Crippen molar-refractivity contribution in [3.05, 3.63) is 59.9 Å². The normalized spacial score (nSPS) is 16.0. The van der Waals surface area contributed by atoms with Crippen LogP contribution in [0.4, 0.5) is 0 Å². The van der Waals surface area contributed by atoms with E-state index in [0.29, 0.717) is 6.54 Å². The van der Waals surface area contributed by atoms with Crippen molar-refractivity contribution < 1.29 is 4.74 Å². The van der Waals surface area contributed by atoms with E-state index in [2.05, 4.69) is 45.6 Å². The van der Waals surface area contributed by atoms with Crippen LogP contribution in [0.25, 0.3) is 0 Å². The molecule has 2 aromatic rings. The molecule has 1 unspecified atom stereocenters. The van der Waals surface area contributed by atoms with Crippen molar-refractivity contribution >= 4 is 5.96 Å². The van der Waals surface area contributed by atoms with Gasteiger partial charge in [0.05, 0.1) is 25.4 Å². The molecule has 0 spiro atoms. The predicted octanol–water partition coefficient (Wildman–Crippen LogP) is 2.98. The van der Waals surface area contributed by atoms with E-state index in [0.717, 1.165) is 43.6 Å². The smallest absolute Gasteiger partial charge is 0.191 e. The van der Waals surface area contributed by atoms with Crippen LogP contribution in [0.5, 0.6) is 5.75 Å². The summed E-state index contributed by atoms with van der Waals surface area (Å²) in [5, 5.41) is 6.87. The number of hydrogen-bond donors (Lipinski definition) is 2. The molecule has 0 radical (unpaired) electrons. The third-order valence-corrected chi connectivity index (χ3v) is 4.99. The van der Waals surface area contributed by atoms with Crippen LogP contribution in [0.15, 0.2) is 53.7 Å². The van der Waals surface area contributed by atoms with Crippen LogP contribution in [-0.2, 0) is 6.54 Å². The molecule has 0 amide bonds. The number of likely N-dealkylation sites (tertiary alicyclic amines) is 1. The first-order chi connectivity index (χ1) is 13.8. The molecule has 6 heteroatoms. The summed E-state index contributed by atoms with van der Waals surface area (Å²) < 4.78 is 5.44. The maximum absolute atomic E-state index is 5.44. The van der Waals surface area contributed by atoms with Gasteiger partial charge in [-0.05, 0) is 62.7 Å². The zero-order valence-electron chi connectivity index (χ0n) is 16.9. The van der Waals surface area contributed by atoms with Crippen molar-refractivity contribution in [2.45, 2.75) is 32.4 Å². The highest BCUT2D eigenvalue weighted by atomic mass is 16.5. The molecule has 0 aliphatic carbocycles. The number of rotatable bonds is 8. The van der Waals surface area contributed by atoms with Gasteiger partial charge in [0.15, 0.2) is 5.96 Å². The standard InChI is InChI=1S/C22H31N5O/c1-3-23-22(25-16-19-10-4-5-12-24-19)26-17-21(27-13-6-7-14-27)18-9-8-11-20(15-18)28-2/h4-5,8-12,15,21H,3,6-7,13-14,16-17H2,1-2H3,(H2,23,25,26). The van der Waals surface area contributed by atoms with Crippen LogP contribution in [0.3, 0.4) is 0 Å². The van der Waals surface area contributed by atoms with Gasteiger partial charge in [-0.3, -0.25) is 9.88 Å². The van der Waals surface area contributed by atoms with Gasteiger partial charge < -0.3 is 15.4 Å². The molecule has 2 heterocycles. The molecule has 28 heavy (non-hydrogen) atoms. The first kappa shape index (κ1) is 20.1. The minimum absolute atomic E-state index is 0.288. The number of pyridine rings is 1. The monoisotopic (exact) mass is 381 g/mol. The fourth-order valence-electron chi connectivity index (χ4n) is 3.55. The van der Waals surface area contributed by atoms with E-state index in [4.69, 9.17) is 9.73 Å². The van der Waals surface area contributed by atoms with Crippen molar-refractivity contribution in [1.82, 2.24) is 20.5 Å². The first-order valence-electron chi connectivity index (χ1n) is 10.1. The van der Waals surface area contributed by atoms with Gasteiger partial charge in [-0.1, -0.05) is 18.2 Å². The number of nitrogens with zero attached hydrogens (tertiary/aromatic N) is 3. The highest BCUT2D eigenvalue weighted by Gasteiger charge is 2.24. The molecule has 1 aromatic heterocycles. The number of ether oxygens (including phenoxy) is 1. The van der Waals surface area contributed by atoms with E-state index in [9.17, 15) is 0 Å². The summed E-state index contributed by atoms with van der Waals surface area (Å²) in [4.78, 5) is 11.6. The number of nitrogens with one attached hydrogen (secondary N) is 2. The lowest BCUT2D eigenvalue weighted by molar-refractivity contribution is 0.245. The summed E-state index contributed by atoms with van der Waals surface area (Å²) in [6.45, 7) is 6.51. The van der Waals surface area contributed by atoms with Crippen molar-refractivity contribution in [3.63, 3.8) is 0 Å². The Kier molecular flexibility index (Phi) is 7.67. The summed E-state index contributed by atoms with van der Waals surface area (Å²) in [6.07, 6.45) is 4.32. The number of aliphatic imine (C=N–C) groups is 1. The van der Waals surface area contributed by atoms with E-state index >= 15 is 0 Å². The Hall–Kier alpha value is -2.60. The third-order valence-electron chi connectivity index (χ3n) is 4.99. The maximum Gasteiger partial charge on any atom is 0.191 e. The van der Waals surface area contributed by atoms with Crippen LogP contribution in [0, 0.1) is 0 Å². The minimum atomic E-state index is 0.288. The molecule has 1 saturated heterocycles. The number of aromatic nitrogens is 1. The zero-order valence-corrected chi connectivity index (χ0v) is 16.9. The molecule has 1 fully saturated rings. The van der Waals surface area contributed by atoms with Gasteiger partial charge in [-0.25, -0.2) is 4.99 Å². The molecule has 1 atom stereocenters. The van der Waals surface area contributed by atoms with Gasteiger partial charge in [0.1, 0.15) is 5.75 Å². The summed E-state index contributed by atoms with van der Waals surface area (Å²) >= 11 is 0. The van der Waals surface area contributed by atoms with Crippen molar-refractivity contribution in [1.29, 1.82) is 0 Å². The van der Waals surface area contributed by atoms with Crippen LogP contribution < -0.4 is 15.4 Å². The van der Waals surface area contributed by atoms with Crippen molar-refractivity contribution in [2.75, 3.05) is 33.3 Å². The Labute approximate surface area is 168 Å². The minimum Gasteiger partial charge on any atom is -0.497 e. The van der Waals surface area contributed by atoms with Crippen LogP contribution in [-0.4, -0.2) is 49.1 Å². The second-order valence-corrected chi connectivity index (χ2v) is 6.93. The molecule has 150 valence electrons. The third kappa shape index (κ3) is 5.70. The van der Waals surface area contributed by atoms with E-state index < -0.39 is 0 Å². The van der Waals surface area contributed by atoms with E-state index in [-0.39, 0.29) is 6.04 Å². The Morgan fingerprint density at radius 3 is 2.75 bits per heavy atom. The number of methoxy groups -OCH3 is 1. The molecule has 3 rings (SSSR count). The zero-order chi connectivity index (χ0) is 19.6. The van der Waals surface area contributed by atoms with Crippen LogP contribution in [0.2, 0.25) is 0 Å². The lowest BCUT2D eigenvalue weighted by Crippen LogP contribution is -2.42. The van der Waals surface area contributed by atoms with E-state index in [1.165, 1.54) is 18.4 Å². The van der Waals surface area contributed by atoms with E-state index in [1.54, 1.807) is 13.3 Å². The Morgan fingerprint density at radius 2 is 2.04 bits per heavy atom. The second-order valence-electron chi connectivity index (χ2n) is 6.93. The van der Waals surface area contributed by atoms with Crippen LogP contribution in [0.1, 0.15) is 37.1 Å². The molecule has 1 aliphatic rings. The van der Waals surface area contributed by atoms with E-state index in [1.807, 2.05) is 24.3 Å². The topological polar surface area (TPSA) is 61.8 Å². The van der Waals surface area contributed by atoms with Gasteiger partial charge in [0.2, 0.25) is 0 Å². The van der Waals surface area contributed by atoms with Gasteiger partial charge >= 0.3 is 0 Å². The maximum atomic E-state index is 5.44. The lowest BCUT2D eigenvalue weighted by Gasteiger charge is -2.29. The SMILES string of the molecule is CCNC(=NCc1ccccn1)NCC(c1cccc(OC)c1)N1CCCC1. The number of hydrogen-bond acceptors (Lipinski definition) is 4. The first-order valence-corrected chi connectivity index (χ1v) is 10.1. The number of benzene rings is 1. The molecule has 6 nitrogen and oxygen atoms in total. The van der Waals surface area contributed by atoms with Crippen molar-refractivity contribution in [3.8, 4) is 5.75 Å². The van der Waals surface area contributed by atoms with Crippen molar-refractivity contribution in [2.24, 2.45) is 4.99 Å². The Bertz CT molecular complexity index is 744. The average molecular weight is 382 g/mol. The summed E-state index contributed by atoms with van der Waals surface area (Å²) in [5.41, 5.74) is 2.23. The summed E-state index contributed by atoms with van der Waals surface area (Å²) in [7, 11) is 1.72. The highest BCUT2D eigenvalue weighted by molar-refractivity contribution is 5.79. The summed E-state index contributed by atoms with van der Waals surface area (Å²) in [6, 6.07) is 14.6. The molecular weight excluding hydrogens is 350 g/mol. The van der Waals surface area contributed by atoms with Gasteiger partial charge in [-0.15, -0.1) is 0 Å². The molecule has 2 N–H and O–H groups in total.